The van der Waals surface area contributed by atoms with Crippen molar-refractivity contribution in [2.24, 2.45) is 0 Å². The molecule has 22 heavy (non-hydrogen) atoms. The molecule has 1 amide bonds. The third-order valence-corrected chi connectivity index (χ3v) is 3.26. The molecule has 0 atom stereocenters. The number of nitrogens with zero attached hydrogens (tertiary/aromatic N) is 1. The topological polar surface area (TPSA) is 68.3 Å². The summed E-state index contributed by atoms with van der Waals surface area (Å²) in [6, 6.07) is 10.8. The Morgan fingerprint density at radius 3 is 2.73 bits per heavy atom. The molecule has 0 unspecified atom stereocenters. The number of methoxy groups -OCH3 is 1. The Hall–Kier alpha value is -2.69. The standard InChI is InChI=1S/C17H18N2O3/c1-12-6-7-14(11-15(12)17(21)22-2)19-16(20)9-8-13-5-3-4-10-18-13/h3-7,10-11H,8-9H2,1-2H3,(H,19,20). The molecule has 1 aromatic carbocycles. The first-order chi connectivity index (χ1) is 10.6. The van der Waals surface area contributed by atoms with E-state index in [1.165, 1.54) is 7.11 Å². The molecule has 0 fully saturated rings. The highest BCUT2D eigenvalue weighted by molar-refractivity contribution is 5.95. The van der Waals surface area contributed by atoms with E-state index in [4.69, 9.17) is 4.74 Å². The summed E-state index contributed by atoms with van der Waals surface area (Å²) in [6.45, 7) is 1.82. The van der Waals surface area contributed by atoms with Crippen LogP contribution in [0.4, 0.5) is 5.69 Å². The van der Waals surface area contributed by atoms with Gasteiger partial charge in [0.05, 0.1) is 12.7 Å². The van der Waals surface area contributed by atoms with Gasteiger partial charge >= 0.3 is 5.97 Å². The molecule has 0 saturated carbocycles. The summed E-state index contributed by atoms with van der Waals surface area (Å²) in [6.07, 6.45) is 2.61. The summed E-state index contributed by atoms with van der Waals surface area (Å²) in [5.74, 6) is -0.535. The highest BCUT2D eigenvalue weighted by Gasteiger charge is 2.11. The molecule has 0 aliphatic carbocycles. The van der Waals surface area contributed by atoms with Crippen LogP contribution >= 0.6 is 0 Å². The first kappa shape index (κ1) is 15.7. The van der Waals surface area contributed by atoms with E-state index in [9.17, 15) is 9.59 Å². The second-order valence-corrected chi connectivity index (χ2v) is 4.89. The molecule has 2 rings (SSSR count). The Kier molecular flexibility index (Phi) is 5.25. The molecular weight excluding hydrogens is 280 g/mol. The van der Waals surface area contributed by atoms with Crippen LogP contribution in [0.1, 0.15) is 28.0 Å². The Morgan fingerprint density at radius 2 is 2.05 bits per heavy atom. The summed E-state index contributed by atoms with van der Waals surface area (Å²) in [5.41, 5.74) is 2.71. The van der Waals surface area contributed by atoms with Crippen LogP contribution in [0.25, 0.3) is 0 Å². The van der Waals surface area contributed by atoms with E-state index in [0.717, 1.165) is 11.3 Å². The number of anilines is 1. The van der Waals surface area contributed by atoms with E-state index >= 15 is 0 Å². The molecule has 0 aliphatic heterocycles. The first-order valence-corrected chi connectivity index (χ1v) is 6.99. The van der Waals surface area contributed by atoms with Gasteiger partial charge in [0.25, 0.3) is 0 Å². The number of carbonyl (C=O) groups is 2. The number of aryl methyl sites for hydroxylation is 2. The third kappa shape index (κ3) is 4.15. The first-order valence-electron chi connectivity index (χ1n) is 6.99. The molecule has 1 N–H and O–H groups in total. The number of pyridine rings is 1. The minimum atomic E-state index is -0.415. The second kappa shape index (κ2) is 7.36. The molecule has 5 nitrogen and oxygen atoms in total. The number of ether oxygens (including phenoxy) is 1. The number of hydrogen-bond acceptors (Lipinski definition) is 4. The van der Waals surface area contributed by atoms with Gasteiger partial charge in [-0.15, -0.1) is 0 Å². The molecule has 0 saturated heterocycles. The Bertz CT molecular complexity index is 669. The number of carbonyl (C=O) groups excluding carboxylic acids is 2. The van der Waals surface area contributed by atoms with Gasteiger partial charge in [-0.25, -0.2) is 4.79 Å². The lowest BCUT2D eigenvalue weighted by atomic mass is 10.1. The van der Waals surface area contributed by atoms with E-state index in [2.05, 4.69) is 10.3 Å². The predicted molar refractivity (Wildman–Crippen MR) is 83.7 cm³/mol. The van der Waals surface area contributed by atoms with Gasteiger partial charge in [0.15, 0.2) is 0 Å². The van der Waals surface area contributed by atoms with Crippen LogP contribution in [-0.2, 0) is 16.0 Å². The van der Waals surface area contributed by atoms with Crippen LogP contribution in [0.2, 0.25) is 0 Å². The molecule has 0 bridgehead atoms. The Morgan fingerprint density at radius 1 is 1.23 bits per heavy atom. The van der Waals surface area contributed by atoms with Gasteiger partial charge < -0.3 is 10.1 Å². The molecule has 2 aromatic rings. The van der Waals surface area contributed by atoms with Crippen molar-refractivity contribution >= 4 is 17.6 Å². The van der Waals surface area contributed by atoms with Crippen molar-refractivity contribution in [1.29, 1.82) is 0 Å². The number of benzene rings is 1. The number of rotatable bonds is 5. The maximum atomic E-state index is 12.0. The fraction of sp³-hybridized carbons (Fsp3) is 0.235. The normalized spacial score (nSPS) is 10.1. The summed E-state index contributed by atoms with van der Waals surface area (Å²) >= 11 is 0. The average Bonchev–Trinajstić information content (AvgIpc) is 2.55. The zero-order valence-electron chi connectivity index (χ0n) is 12.6. The zero-order valence-corrected chi connectivity index (χ0v) is 12.6. The molecule has 0 radical (unpaired) electrons. The van der Waals surface area contributed by atoms with Crippen molar-refractivity contribution in [2.45, 2.75) is 19.8 Å². The largest absolute Gasteiger partial charge is 0.465 e. The number of esters is 1. The monoisotopic (exact) mass is 298 g/mol. The van der Waals surface area contributed by atoms with Crippen LogP contribution in [0.3, 0.4) is 0 Å². The van der Waals surface area contributed by atoms with E-state index in [0.29, 0.717) is 24.1 Å². The summed E-state index contributed by atoms with van der Waals surface area (Å²) < 4.78 is 4.72. The molecule has 1 heterocycles. The van der Waals surface area contributed by atoms with Crippen molar-refractivity contribution in [2.75, 3.05) is 12.4 Å². The van der Waals surface area contributed by atoms with Gasteiger partial charge in [-0.3, -0.25) is 9.78 Å². The lowest BCUT2D eigenvalue weighted by Gasteiger charge is -2.09. The van der Waals surface area contributed by atoms with Crippen molar-refractivity contribution < 1.29 is 14.3 Å². The quantitative estimate of drug-likeness (QED) is 0.862. The summed E-state index contributed by atoms with van der Waals surface area (Å²) in [4.78, 5) is 27.8. The minimum absolute atomic E-state index is 0.120. The SMILES string of the molecule is COC(=O)c1cc(NC(=O)CCc2ccccn2)ccc1C. The van der Waals surface area contributed by atoms with Crippen LogP contribution < -0.4 is 5.32 Å². The Balaban J connectivity index is 1.98. The molecule has 0 aliphatic rings. The molecule has 0 spiro atoms. The number of amides is 1. The van der Waals surface area contributed by atoms with Crippen LogP contribution in [0.5, 0.6) is 0 Å². The van der Waals surface area contributed by atoms with Crippen molar-refractivity contribution in [3.63, 3.8) is 0 Å². The second-order valence-electron chi connectivity index (χ2n) is 4.89. The van der Waals surface area contributed by atoms with E-state index in [1.54, 1.807) is 24.4 Å². The molecule has 114 valence electrons. The summed E-state index contributed by atoms with van der Waals surface area (Å²) in [7, 11) is 1.33. The molecule has 1 aromatic heterocycles. The van der Waals surface area contributed by atoms with Gasteiger partial charge in [0, 0.05) is 24.0 Å². The van der Waals surface area contributed by atoms with Gasteiger partial charge in [-0.1, -0.05) is 12.1 Å². The number of nitrogens with one attached hydrogen (secondary N) is 1. The number of hydrogen-bond donors (Lipinski definition) is 1. The average molecular weight is 298 g/mol. The maximum absolute atomic E-state index is 12.0. The fourth-order valence-electron chi connectivity index (χ4n) is 2.04. The predicted octanol–water partition coefficient (Wildman–Crippen LogP) is 2.75. The van der Waals surface area contributed by atoms with Crippen LogP contribution in [0.15, 0.2) is 42.6 Å². The molecular formula is C17H18N2O3. The van der Waals surface area contributed by atoms with E-state index in [-0.39, 0.29) is 5.91 Å². The van der Waals surface area contributed by atoms with Gasteiger partial charge in [0.1, 0.15) is 0 Å². The summed E-state index contributed by atoms with van der Waals surface area (Å²) in [5, 5.41) is 2.78. The van der Waals surface area contributed by atoms with Crippen LogP contribution in [-0.4, -0.2) is 24.0 Å². The third-order valence-electron chi connectivity index (χ3n) is 3.26. The smallest absolute Gasteiger partial charge is 0.338 e. The van der Waals surface area contributed by atoms with Crippen molar-refractivity contribution in [3.8, 4) is 0 Å². The minimum Gasteiger partial charge on any atom is -0.465 e. The van der Waals surface area contributed by atoms with Gasteiger partial charge in [-0.05, 0) is 43.2 Å². The van der Waals surface area contributed by atoms with Crippen LogP contribution in [0, 0.1) is 6.92 Å². The maximum Gasteiger partial charge on any atom is 0.338 e. The molecule has 5 heteroatoms. The highest BCUT2D eigenvalue weighted by atomic mass is 16.5. The van der Waals surface area contributed by atoms with Gasteiger partial charge in [0.2, 0.25) is 5.91 Å². The zero-order chi connectivity index (χ0) is 15.9. The fourth-order valence-corrected chi connectivity index (χ4v) is 2.04. The van der Waals surface area contributed by atoms with Crippen molar-refractivity contribution in [1.82, 2.24) is 4.98 Å². The lowest BCUT2D eigenvalue weighted by molar-refractivity contribution is -0.116. The lowest BCUT2D eigenvalue weighted by Crippen LogP contribution is -2.13. The van der Waals surface area contributed by atoms with Gasteiger partial charge in [-0.2, -0.15) is 0 Å². The van der Waals surface area contributed by atoms with E-state index in [1.807, 2.05) is 25.1 Å². The highest BCUT2D eigenvalue weighted by Crippen LogP contribution is 2.16. The van der Waals surface area contributed by atoms with E-state index < -0.39 is 5.97 Å². The van der Waals surface area contributed by atoms with Crippen molar-refractivity contribution in [3.05, 3.63) is 59.4 Å². The Labute approximate surface area is 129 Å². The number of aromatic nitrogens is 1.